The molecule has 0 aliphatic carbocycles. The number of ether oxygens (including phenoxy) is 2. The van der Waals surface area contributed by atoms with E-state index in [4.69, 9.17) is 24.5 Å². The highest BCUT2D eigenvalue weighted by atomic mass is 16.7. The summed E-state index contributed by atoms with van der Waals surface area (Å²) < 4.78 is 23.0. The zero-order valence-corrected chi connectivity index (χ0v) is 23.1. The molecule has 0 saturated carbocycles. The Balaban J connectivity index is 1.70. The molecule has 0 radical (unpaired) electrons. The van der Waals surface area contributed by atoms with E-state index in [0.717, 1.165) is 11.0 Å². The summed E-state index contributed by atoms with van der Waals surface area (Å²) >= 11 is 0. The number of carbonyl (C=O) groups is 3. The maximum absolute atomic E-state index is 13.5. The highest BCUT2D eigenvalue weighted by Crippen LogP contribution is 2.36. The van der Waals surface area contributed by atoms with Gasteiger partial charge in [0, 0.05) is 38.4 Å². The average Bonchev–Trinajstić information content (AvgIpc) is 2.99. The lowest BCUT2D eigenvalue weighted by molar-refractivity contribution is -0.133. The van der Waals surface area contributed by atoms with Gasteiger partial charge >= 0.3 is 13.2 Å². The summed E-state index contributed by atoms with van der Waals surface area (Å²) in [6.45, 7) is 13.9. The first-order valence-electron chi connectivity index (χ1n) is 12.9. The number of carbonyl (C=O) groups excluding carboxylic acids is 3. The van der Waals surface area contributed by atoms with Gasteiger partial charge in [-0.3, -0.25) is 9.59 Å². The number of hydrogen-bond acceptors (Lipinski definition) is 7. The fraction of sp³-hybridized carbons (Fsp3) is 0.667. The number of benzene rings is 1. The number of nitrogens with one attached hydrogen (secondary N) is 1. The minimum absolute atomic E-state index is 0.0931. The first-order valence-corrected chi connectivity index (χ1v) is 12.9. The van der Waals surface area contributed by atoms with Crippen molar-refractivity contribution in [2.24, 2.45) is 11.7 Å². The first-order chi connectivity index (χ1) is 17.0. The minimum atomic E-state index is -1.16. The second-order valence-electron chi connectivity index (χ2n) is 12.1. The standard InChI is InChI=1S/C27H41BN2O7/c1-24(2,3)35-23(33)30-27(12-14-34-15-13-27)21(31)17-19(22(29)32)16-18-8-10-20(11-9-18)28-36-25(4,5)26(6,7)37-28/h8-11,19H,12-17H2,1-7H3,(H2,29,32)(H,30,33)/t19-/m1/s1. The zero-order chi connectivity index (χ0) is 27.6. The molecule has 204 valence electrons. The number of rotatable bonds is 8. The smallest absolute Gasteiger partial charge is 0.444 e. The summed E-state index contributed by atoms with van der Waals surface area (Å²) in [5.74, 6) is -1.54. The van der Waals surface area contributed by atoms with E-state index >= 15 is 0 Å². The number of Topliss-reactive ketones (excluding diaryl/α,β-unsaturated/α-hetero) is 1. The van der Waals surface area contributed by atoms with Crippen LogP contribution in [0.15, 0.2) is 24.3 Å². The fourth-order valence-corrected chi connectivity index (χ4v) is 4.46. The molecule has 37 heavy (non-hydrogen) atoms. The molecule has 9 nitrogen and oxygen atoms in total. The number of primary amides is 1. The van der Waals surface area contributed by atoms with Gasteiger partial charge in [0.25, 0.3) is 0 Å². The average molecular weight is 516 g/mol. The predicted molar refractivity (Wildman–Crippen MR) is 140 cm³/mol. The normalized spacial score (nSPS) is 21.2. The number of nitrogens with two attached hydrogens (primary N) is 1. The predicted octanol–water partition coefficient (Wildman–Crippen LogP) is 2.66. The van der Waals surface area contributed by atoms with Crippen molar-refractivity contribution >= 4 is 30.4 Å². The third-order valence-corrected chi connectivity index (χ3v) is 7.44. The number of amides is 2. The van der Waals surface area contributed by atoms with Gasteiger partial charge in [0.15, 0.2) is 5.78 Å². The molecule has 1 aromatic rings. The van der Waals surface area contributed by atoms with Gasteiger partial charge in [0.05, 0.1) is 11.2 Å². The van der Waals surface area contributed by atoms with Crippen LogP contribution in [-0.4, -0.2) is 60.5 Å². The summed E-state index contributed by atoms with van der Waals surface area (Å²) in [7, 11) is -0.486. The maximum atomic E-state index is 13.5. The van der Waals surface area contributed by atoms with E-state index in [1.165, 1.54) is 0 Å². The molecule has 0 unspecified atom stereocenters. The van der Waals surface area contributed by atoms with Crippen LogP contribution in [0, 0.1) is 5.92 Å². The molecule has 0 spiro atoms. The van der Waals surface area contributed by atoms with E-state index in [2.05, 4.69) is 5.32 Å². The monoisotopic (exact) mass is 516 g/mol. The van der Waals surface area contributed by atoms with E-state index in [1.54, 1.807) is 20.8 Å². The lowest BCUT2D eigenvalue weighted by atomic mass is 9.78. The second kappa shape index (κ2) is 10.7. The van der Waals surface area contributed by atoms with Crippen LogP contribution in [0.1, 0.15) is 73.3 Å². The number of hydrogen-bond donors (Lipinski definition) is 2. The van der Waals surface area contributed by atoms with Crippen LogP contribution in [0.25, 0.3) is 0 Å². The highest BCUT2D eigenvalue weighted by molar-refractivity contribution is 6.62. The van der Waals surface area contributed by atoms with Gasteiger partial charge in [-0.1, -0.05) is 24.3 Å². The molecule has 3 N–H and O–H groups in total. The van der Waals surface area contributed by atoms with Crippen LogP contribution >= 0.6 is 0 Å². The van der Waals surface area contributed by atoms with Gasteiger partial charge in [0.1, 0.15) is 11.1 Å². The lowest BCUT2D eigenvalue weighted by Gasteiger charge is -2.37. The van der Waals surface area contributed by atoms with Crippen molar-refractivity contribution in [2.45, 2.75) is 96.5 Å². The van der Waals surface area contributed by atoms with Gasteiger partial charge in [-0.05, 0) is 65.9 Å². The molecule has 1 atom stereocenters. The molecule has 0 bridgehead atoms. The van der Waals surface area contributed by atoms with Crippen molar-refractivity contribution in [3.8, 4) is 0 Å². The molecule has 2 saturated heterocycles. The third kappa shape index (κ3) is 7.12. The van der Waals surface area contributed by atoms with Gasteiger partial charge in [-0.15, -0.1) is 0 Å². The summed E-state index contributed by atoms with van der Waals surface area (Å²) in [5.41, 5.74) is 4.69. The first kappa shape index (κ1) is 29.1. The second-order valence-corrected chi connectivity index (χ2v) is 12.1. The maximum Gasteiger partial charge on any atom is 0.494 e. The molecule has 2 fully saturated rings. The SMILES string of the molecule is CC(C)(C)OC(=O)NC1(C(=O)C[C@@H](Cc2ccc(B3OC(C)(C)C(C)(C)O3)cc2)C(N)=O)CCOCC1. The summed E-state index contributed by atoms with van der Waals surface area (Å²) in [6.07, 6.45) is 0.142. The molecule has 2 aliphatic rings. The highest BCUT2D eigenvalue weighted by Gasteiger charge is 2.51. The van der Waals surface area contributed by atoms with Crippen molar-refractivity contribution in [3.05, 3.63) is 29.8 Å². The minimum Gasteiger partial charge on any atom is -0.444 e. The molecule has 3 rings (SSSR count). The van der Waals surface area contributed by atoms with E-state index in [0.29, 0.717) is 32.5 Å². The Morgan fingerprint density at radius 2 is 1.57 bits per heavy atom. The van der Waals surface area contributed by atoms with E-state index < -0.39 is 47.4 Å². The van der Waals surface area contributed by atoms with Crippen LogP contribution in [-0.2, 0) is 34.8 Å². The van der Waals surface area contributed by atoms with Crippen molar-refractivity contribution in [1.82, 2.24) is 5.32 Å². The van der Waals surface area contributed by atoms with E-state index in [-0.39, 0.29) is 12.2 Å². The van der Waals surface area contributed by atoms with Crippen LogP contribution in [0.4, 0.5) is 4.79 Å². The zero-order valence-electron chi connectivity index (χ0n) is 23.1. The Kier molecular flexibility index (Phi) is 8.46. The van der Waals surface area contributed by atoms with Crippen LogP contribution in [0.5, 0.6) is 0 Å². The molecule has 10 heteroatoms. The Morgan fingerprint density at radius 3 is 2.05 bits per heavy atom. The van der Waals surface area contributed by atoms with Gasteiger partial charge in [-0.2, -0.15) is 0 Å². The third-order valence-electron chi connectivity index (χ3n) is 7.44. The summed E-state index contributed by atoms with van der Waals surface area (Å²) in [5, 5.41) is 2.78. The van der Waals surface area contributed by atoms with Crippen molar-refractivity contribution in [1.29, 1.82) is 0 Å². The Morgan fingerprint density at radius 1 is 1.03 bits per heavy atom. The Bertz CT molecular complexity index is 979. The van der Waals surface area contributed by atoms with Gasteiger partial charge in [-0.25, -0.2) is 4.79 Å². The largest absolute Gasteiger partial charge is 0.494 e. The van der Waals surface area contributed by atoms with Crippen LogP contribution < -0.4 is 16.5 Å². The fourth-order valence-electron chi connectivity index (χ4n) is 4.46. The Hall–Kier alpha value is -2.43. The quantitative estimate of drug-likeness (QED) is 0.509. The summed E-state index contributed by atoms with van der Waals surface area (Å²) in [4.78, 5) is 38.4. The molecule has 2 aliphatic heterocycles. The van der Waals surface area contributed by atoms with E-state index in [1.807, 2.05) is 52.0 Å². The van der Waals surface area contributed by atoms with Gasteiger partial charge < -0.3 is 29.8 Å². The van der Waals surface area contributed by atoms with Crippen molar-refractivity contribution in [3.63, 3.8) is 0 Å². The van der Waals surface area contributed by atoms with E-state index in [9.17, 15) is 14.4 Å². The molecule has 2 amide bonds. The molecule has 0 aromatic heterocycles. The molecular formula is C27H41BN2O7. The number of ketones is 1. The summed E-state index contributed by atoms with van der Waals surface area (Å²) in [6, 6.07) is 7.59. The topological polar surface area (TPSA) is 126 Å². The molecule has 1 aromatic carbocycles. The lowest BCUT2D eigenvalue weighted by Crippen LogP contribution is -2.58. The molecular weight excluding hydrogens is 475 g/mol. The van der Waals surface area contributed by atoms with Gasteiger partial charge in [0.2, 0.25) is 5.91 Å². The van der Waals surface area contributed by atoms with Crippen LogP contribution in [0.2, 0.25) is 0 Å². The molecule has 2 heterocycles. The van der Waals surface area contributed by atoms with Crippen LogP contribution in [0.3, 0.4) is 0 Å². The van der Waals surface area contributed by atoms with Crippen molar-refractivity contribution in [2.75, 3.05) is 13.2 Å². The number of alkyl carbamates (subject to hydrolysis) is 1. The Labute approximate surface area is 220 Å². The van der Waals surface area contributed by atoms with Crippen molar-refractivity contribution < 1.29 is 33.2 Å².